The molecule has 6 nitrogen and oxygen atoms in total. The second kappa shape index (κ2) is 9.20. The predicted octanol–water partition coefficient (Wildman–Crippen LogP) is 4.11. The number of benzene rings is 2. The number of carboxylic acid groups (broad SMARTS) is 1. The third kappa shape index (κ3) is 5.72. The van der Waals surface area contributed by atoms with E-state index < -0.39 is 11.9 Å². The van der Waals surface area contributed by atoms with Crippen LogP contribution in [0.2, 0.25) is 0 Å². The van der Waals surface area contributed by atoms with Crippen LogP contribution in [0.25, 0.3) is 6.08 Å². The molecule has 1 amide bonds. The first kappa shape index (κ1) is 19.7. The number of carbonyl (C=O) groups is 2. The molecule has 0 aliphatic carbocycles. The summed E-state index contributed by atoms with van der Waals surface area (Å²) in [4.78, 5) is 23.3. The maximum atomic E-state index is 12.3. The van der Waals surface area contributed by atoms with Crippen LogP contribution in [0.3, 0.4) is 0 Å². The van der Waals surface area contributed by atoms with Gasteiger partial charge in [-0.05, 0) is 55.3 Å². The molecule has 2 aromatic rings. The molecule has 0 unspecified atom stereocenters. The quantitative estimate of drug-likeness (QED) is 0.569. The highest BCUT2D eigenvalue weighted by Crippen LogP contribution is 2.18. The molecule has 0 heterocycles. The fourth-order valence-corrected chi connectivity index (χ4v) is 2.20. The standard InChI is InChI=1S/C21H20N2O4/c1-3-14(2)27-19-9-7-15(8-10-19)11-17(13-22)20(24)23-18-6-4-5-16(12-18)21(25)26/h4-12,14H,3H2,1-2H3,(H,23,24)(H,25,26)/b17-11-/t14-/m1/s1. The number of carboxylic acids is 1. The first-order chi connectivity index (χ1) is 12.9. The number of amides is 1. The molecule has 2 aromatic carbocycles. The number of hydrogen-bond donors (Lipinski definition) is 2. The Bertz CT molecular complexity index is 895. The lowest BCUT2D eigenvalue weighted by atomic mass is 10.1. The Labute approximate surface area is 157 Å². The number of nitriles is 1. The van der Waals surface area contributed by atoms with Gasteiger partial charge in [0, 0.05) is 5.69 Å². The van der Waals surface area contributed by atoms with Crippen LogP contribution < -0.4 is 10.1 Å². The molecule has 0 aromatic heterocycles. The third-order valence-electron chi connectivity index (χ3n) is 3.84. The number of nitrogens with one attached hydrogen (secondary N) is 1. The van der Waals surface area contributed by atoms with E-state index in [9.17, 15) is 14.9 Å². The Kier molecular flexibility index (Phi) is 6.73. The number of nitrogens with zero attached hydrogens (tertiary/aromatic N) is 1. The molecule has 0 saturated carbocycles. The maximum Gasteiger partial charge on any atom is 0.335 e. The molecule has 0 radical (unpaired) electrons. The average molecular weight is 364 g/mol. The van der Waals surface area contributed by atoms with E-state index in [2.05, 4.69) is 5.32 Å². The van der Waals surface area contributed by atoms with Gasteiger partial charge in [-0.15, -0.1) is 0 Å². The highest BCUT2D eigenvalue weighted by atomic mass is 16.5. The number of rotatable bonds is 7. The van der Waals surface area contributed by atoms with Crippen LogP contribution in [0, 0.1) is 11.3 Å². The fraction of sp³-hybridized carbons (Fsp3) is 0.190. The van der Waals surface area contributed by atoms with Gasteiger partial charge in [0.1, 0.15) is 17.4 Å². The second-order valence-corrected chi connectivity index (χ2v) is 5.92. The molecule has 27 heavy (non-hydrogen) atoms. The minimum atomic E-state index is -1.10. The van der Waals surface area contributed by atoms with Crippen LogP contribution in [0.5, 0.6) is 5.75 Å². The number of hydrogen-bond acceptors (Lipinski definition) is 4. The van der Waals surface area contributed by atoms with Gasteiger partial charge in [0.2, 0.25) is 0 Å². The molecule has 0 spiro atoms. The van der Waals surface area contributed by atoms with E-state index in [1.807, 2.05) is 19.9 Å². The van der Waals surface area contributed by atoms with Crippen LogP contribution in [-0.2, 0) is 4.79 Å². The summed E-state index contributed by atoms with van der Waals surface area (Å²) in [6.07, 6.45) is 2.46. The first-order valence-corrected chi connectivity index (χ1v) is 8.46. The van der Waals surface area contributed by atoms with E-state index in [0.717, 1.165) is 12.2 Å². The maximum absolute atomic E-state index is 12.3. The molecule has 6 heteroatoms. The summed E-state index contributed by atoms with van der Waals surface area (Å²) >= 11 is 0. The highest BCUT2D eigenvalue weighted by molar-refractivity contribution is 6.10. The Morgan fingerprint density at radius 3 is 2.56 bits per heavy atom. The molecular formula is C21H20N2O4. The van der Waals surface area contributed by atoms with Crippen molar-refractivity contribution in [2.45, 2.75) is 26.4 Å². The molecule has 0 fully saturated rings. The van der Waals surface area contributed by atoms with Gasteiger partial charge in [-0.25, -0.2) is 4.79 Å². The van der Waals surface area contributed by atoms with Crippen LogP contribution in [0.4, 0.5) is 5.69 Å². The Morgan fingerprint density at radius 1 is 1.26 bits per heavy atom. The van der Waals surface area contributed by atoms with E-state index in [4.69, 9.17) is 9.84 Å². The van der Waals surface area contributed by atoms with Crippen molar-refractivity contribution < 1.29 is 19.4 Å². The van der Waals surface area contributed by atoms with Gasteiger partial charge >= 0.3 is 5.97 Å². The number of ether oxygens (including phenoxy) is 1. The van der Waals surface area contributed by atoms with Gasteiger partial charge in [-0.3, -0.25) is 4.79 Å². The third-order valence-corrected chi connectivity index (χ3v) is 3.84. The first-order valence-electron chi connectivity index (χ1n) is 8.46. The molecule has 0 saturated heterocycles. The smallest absolute Gasteiger partial charge is 0.335 e. The van der Waals surface area contributed by atoms with Crippen LogP contribution in [-0.4, -0.2) is 23.1 Å². The van der Waals surface area contributed by atoms with Crippen LogP contribution in [0.1, 0.15) is 36.2 Å². The van der Waals surface area contributed by atoms with Gasteiger partial charge in [0.25, 0.3) is 5.91 Å². The van der Waals surface area contributed by atoms with E-state index in [1.54, 1.807) is 30.3 Å². The normalized spacial score (nSPS) is 12.0. The topological polar surface area (TPSA) is 99.4 Å². The molecule has 1 atom stereocenters. The Morgan fingerprint density at radius 2 is 1.96 bits per heavy atom. The van der Waals surface area contributed by atoms with E-state index in [-0.39, 0.29) is 17.2 Å². The largest absolute Gasteiger partial charge is 0.491 e. The van der Waals surface area contributed by atoms with E-state index >= 15 is 0 Å². The summed E-state index contributed by atoms with van der Waals surface area (Å²) in [5.41, 5.74) is 0.939. The van der Waals surface area contributed by atoms with Gasteiger partial charge in [-0.2, -0.15) is 5.26 Å². The van der Waals surface area contributed by atoms with E-state index in [0.29, 0.717) is 11.3 Å². The van der Waals surface area contributed by atoms with E-state index in [1.165, 1.54) is 24.3 Å². The zero-order chi connectivity index (χ0) is 19.8. The molecule has 0 aliphatic heterocycles. The molecule has 0 bridgehead atoms. The van der Waals surface area contributed by atoms with Crippen molar-refractivity contribution in [1.82, 2.24) is 0 Å². The molecule has 0 aliphatic rings. The summed E-state index contributed by atoms with van der Waals surface area (Å²) in [7, 11) is 0. The van der Waals surface area contributed by atoms with Gasteiger partial charge in [0.15, 0.2) is 0 Å². The average Bonchev–Trinajstić information content (AvgIpc) is 2.67. The Balaban J connectivity index is 2.13. The summed E-state index contributed by atoms with van der Waals surface area (Å²) in [6.45, 7) is 4.01. The lowest BCUT2D eigenvalue weighted by Gasteiger charge is -2.12. The number of carbonyl (C=O) groups excluding carboxylic acids is 1. The molecule has 138 valence electrons. The summed E-state index contributed by atoms with van der Waals surface area (Å²) < 4.78 is 5.69. The summed E-state index contributed by atoms with van der Waals surface area (Å²) in [5, 5.41) is 20.8. The van der Waals surface area contributed by atoms with Crippen molar-refractivity contribution in [3.63, 3.8) is 0 Å². The van der Waals surface area contributed by atoms with Crippen molar-refractivity contribution >= 4 is 23.6 Å². The lowest BCUT2D eigenvalue weighted by Crippen LogP contribution is -2.14. The van der Waals surface area contributed by atoms with Crippen LogP contribution >= 0.6 is 0 Å². The van der Waals surface area contributed by atoms with Crippen molar-refractivity contribution in [2.24, 2.45) is 0 Å². The van der Waals surface area contributed by atoms with Gasteiger partial charge in [-0.1, -0.05) is 25.1 Å². The minimum Gasteiger partial charge on any atom is -0.491 e. The second-order valence-electron chi connectivity index (χ2n) is 5.92. The zero-order valence-corrected chi connectivity index (χ0v) is 15.1. The Hall–Kier alpha value is -3.59. The SMILES string of the molecule is CC[C@@H](C)Oc1ccc(/C=C(/C#N)C(=O)Nc2cccc(C(=O)O)c2)cc1. The highest BCUT2D eigenvalue weighted by Gasteiger charge is 2.11. The van der Waals surface area contributed by atoms with Crippen molar-refractivity contribution in [3.8, 4) is 11.8 Å². The monoisotopic (exact) mass is 364 g/mol. The van der Waals surface area contributed by atoms with Crippen molar-refractivity contribution in [3.05, 3.63) is 65.2 Å². The zero-order valence-electron chi connectivity index (χ0n) is 15.1. The molecule has 2 rings (SSSR count). The number of anilines is 1. The minimum absolute atomic E-state index is 0.0483. The lowest BCUT2D eigenvalue weighted by molar-refractivity contribution is -0.112. The molecule has 2 N–H and O–H groups in total. The fourth-order valence-electron chi connectivity index (χ4n) is 2.20. The molecular weight excluding hydrogens is 344 g/mol. The van der Waals surface area contributed by atoms with Crippen molar-refractivity contribution in [1.29, 1.82) is 5.26 Å². The van der Waals surface area contributed by atoms with Gasteiger partial charge < -0.3 is 15.2 Å². The van der Waals surface area contributed by atoms with Crippen LogP contribution in [0.15, 0.2) is 54.1 Å². The summed E-state index contributed by atoms with van der Waals surface area (Å²) in [5.74, 6) is -0.989. The predicted molar refractivity (Wildman–Crippen MR) is 102 cm³/mol. The number of aromatic carboxylic acids is 1. The van der Waals surface area contributed by atoms with Gasteiger partial charge in [0.05, 0.1) is 11.7 Å². The van der Waals surface area contributed by atoms with Crippen molar-refractivity contribution in [2.75, 3.05) is 5.32 Å². The summed E-state index contributed by atoms with van der Waals surface area (Å²) in [6, 6.07) is 14.8.